The molecule has 8 heteroatoms. The Kier molecular flexibility index (Phi) is 7.35. The van der Waals surface area contributed by atoms with Crippen LogP contribution in [0.25, 0.3) is 0 Å². The summed E-state index contributed by atoms with van der Waals surface area (Å²) in [4.78, 5) is 12.0. The molecular weight excluding hydrogens is 388 g/mol. The summed E-state index contributed by atoms with van der Waals surface area (Å²) < 4.78 is 13.0. The summed E-state index contributed by atoms with van der Waals surface area (Å²) in [6.45, 7) is 7.75. The van der Waals surface area contributed by atoms with Gasteiger partial charge in [-0.05, 0) is 42.7 Å². The fourth-order valence-electron chi connectivity index (χ4n) is 2.73. The van der Waals surface area contributed by atoms with Crippen molar-refractivity contribution in [2.24, 2.45) is 0 Å². The molecule has 3 rings (SSSR count). The number of ether oxygens (including phenoxy) is 1. The van der Waals surface area contributed by atoms with Gasteiger partial charge in [0.2, 0.25) is 5.91 Å². The lowest BCUT2D eigenvalue weighted by Crippen LogP contribution is -2.24. The van der Waals surface area contributed by atoms with Crippen LogP contribution in [0, 0.1) is 0 Å². The average Bonchev–Trinajstić information content (AvgIpc) is 3.38. The van der Waals surface area contributed by atoms with Crippen molar-refractivity contribution in [3.8, 4) is 5.75 Å². The Morgan fingerprint density at radius 1 is 1.24 bits per heavy atom. The molecule has 154 valence electrons. The van der Waals surface area contributed by atoms with Gasteiger partial charge < -0.3 is 19.0 Å². The monoisotopic (exact) mass is 414 g/mol. The highest BCUT2D eigenvalue weighted by molar-refractivity contribution is 7.99. The fourth-order valence-corrected chi connectivity index (χ4v) is 3.58. The van der Waals surface area contributed by atoms with Gasteiger partial charge in [0.05, 0.1) is 18.6 Å². The van der Waals surface area contributed by atoms with Crippen LogP contribution in [-0.2, 0) is 24.5 Å². The summed E-state index contributed by atoms with van der Waals surface area (Å²) in [5, 5.41) is 12.0. The molecule has 2 aromatic heterocycles. The zero-order valence-electron chi connectivity index (χ0n) is 16.9. The maximum absolute atomic E-state index is 12.0. The minimum atomic E-state index is -0.0832. The third kappa shape index (κ3) is 5.87. The molecule has 0 spiro atoms. The largest absolute Gasteiger partial charge is 0.486 e. The number of amides is 1. The first-order valence-electron chi connectivity index (χ1n) is 9.63. The number of rotatable bonds is 10. The number of carbonyl (C=O) groups is 1. The SMILES string of the molecule is CCn1c(COc2ccc(C(C)C)cc2)nnc1SCC(=O)NCc1ccco1. The molecule has 0 radical (unpaired) electrons. The van der Waals surface area contributed by atoms with Crippen molar-refractivity contribution in [1.82, 2.24) is 20.1 Å². The van der Waals surface area contributed by atoms with Crippen LogP contribution in [-0.4, -0.2) is 26.4 Å². The predicted molar refractivity (Wildman–Crippen MR) is 112 cm³/mol. The van der Waals surface area contributed by atoms with Crippen molar-refractivity contribution in [2.45, 2.75) is 51.5 Å². The maximum atomic E-state index is 12.0. The van der Waals surface area contributed by atoms with Crippen molar-refractivity contribution < 1.29 is 13.9 Å². The van der Waals surface area contributed by atoms with E-state index in [0.29, 0.717) is 30.8 Å². The Bertz CT molecular complexity index is 905. The highest BCUT2D eigenvalue weighted by atomic mass is 32.2. The normalized spacial score (nSPS) is 11.0. The Labute approximate surface area is 174 Å². The van der Waals surface area contributed by atoms with Crippen LogP contribution in [0.1, 0.15) is 43.8 Å². The van der Waals surface area contributed by atoms with E-state index in [9.17, 15) is 4.79 Å². The maximum Gasteiger partial charge on any atom is 0.230 e. The van der Waals surface area contributed by atoms with Crippen molar-refractivity contribution in [3.63, 3.8) is 0 Å². The summed E-state index contributed by atoms with van der Waals surface area (Å²) in [5.41, 5.74) is 1.28. The number of carbonyl (C=O) groups excluding carboxylic acids is 1. The number of nitrogens with zero attached hydrogens (tertiary/aromatic N) is 3. The standard InChI is InChI=1S/C21H26N4O3S/c1-4-25-19(13-28-17-9-7-16(8-10-17)15(2)3)23-24-21(25)29-14-20(26)22-12-18-6-5-11-27-18/h5-11,15H,4,12-14H2,1-3H3,(H,22,26). The van der Waals surface area contributed by atoms with E-state index in [0.717, 1.165) is 17.3 Å². The van der Waals surface area contributed by atoms with Gasteiger partial charge in [-0.25, -0.2) is 0 Å². The molecule has 0 atom stereocenters. The number of hydrogen-bond acceptors (Lipinski definition) is 6. The molecule has 1 amide bonds. The fraction of sp³-hybridized carbons (Fsp3) is 0.381. The Morgan fingerprint density at radius 3 is 2.69 bits per heavy atom. The molecule has 0 aliphatic heterocycles. The Hall–Kier alpha value is -2.74. The second-order valence-electron chi connectivity index (χ2n) is 6.80. The number of furan rings is 1. The average molecular weight is 415 g/mol. The first kappa shape index (κ1) is 21.0. The zero-order chi connectivity index (χ0) is 20.6. The van der Waals surface area contributed by atoms with E-state index in [4.69, 9.17) is 9.15 Å². The van der Waals surface area contributed by atoms with Crippen molar-refractivity contribution in [3.05, 3.63) is 59.8 Å². The van der Waals surface area contributed by atoms with Gasteiger partial charge in [-0.3, -0.25) is 4.79 Å². The van der Waals surface area contributed by atoms with E-state index in [1.807, 2.05) is 29.7 Å². The molecule has 7 nitrogen and oxygen atoms in total. The molecule has 1 aromatic carbocycles. The van der Waals surface area contributed by atoms with Gasteiger partial charge in [-0.15, -0.1) is 10.2 Å². The van der Waals surface area contributed by atoms with Gasteiger partial charge in [0.25, 0.3) is 0 Å². The van der Waals surface area contributed by atoms with Gasteiger partial charge in [-0.2, -0.15) is 0 Å². The van der Waals surface area contributed by atoms with Crippen molar-refractivity contribution in [2.75, 3.05) is 5.75 Å². The highest BCUT2D eigenvalue weighted by Gasteiger charge is 2.14. The predicted octanol–water partition coefficient (Wildman–Crippen LogP) is 4.00. The number of hydrogen-bond donors (Lipinski definition) is 1. The molecule has 0 aliphatic carbocycles. The van der Waals surface area contributed by atoms with Gasteiger partial charge in [0, 0.05) is 6.54 Å². The first-order valence-corrected chi connectivity index (χ1v) is 10.6. The smallest absolute Gasteiger partial charge is 0.230 e. The first-order chi connectivity index (χ1) is 14.1. The molecule has 0 aliphatic rings. The Balaban J connectivity index is 1.51. The van der Waals surface area contributed by atoms with E-state index < -0.39 is 0 Å². The van der Waals surface area contributed by atoms with E-state index >= 15 is 0 Å². The third-order valence-electron chi connectivity index (χ3n) is 4.40. The second-order valence-corrected chi connectivity index (χ2v) is 7.74. The van der Waals surface area contributed by atoms with Crippen LogP contribution in [0.5, 0.6) is 5.75 Å². The summed E-state index contributed by atoms with van der Waals surface area (Å²) in [6, 6.07) is 11.7. The topological polar surface area (TPSA) is 82.2 Å². The lowest BCUT2D eigenvalue weighted by Gasteiger charge is -2.10. The van der Waals surface area contributed by atoms with E-state index in [1.165, 1.54) is 17.3 Å². The summed E-state index contributed by atoms with van der Waals surface area (Å²) in [5.74, 6) is 2.92. The van der Waals surface area contributed by atoms with Gasteiger partial charge in [0.15, 0.2) is 11.0 Å². The lowest BCUT2D eigenvalue weighted by atomic mass is 10.0. The zero-order valence-corrected chi connectivity index (χ0v) is 17.7. The van der Waals surface area contributed by atoms with E-state index in [-0.39, 0.29) is 11.7 Å². The summed E-state index contributed by atoms with van der Waals surface area (Å²) >= 11 is 1.36. The quantitative estimate of drug-likeness (QED) is 0.505. The molecule has 29 heavy (non-hydrogen) atoms. The molecule has 2 heterocycles. The molecule has 0 saturated carbocycles. The van der Waals surface area contributed by atoms with Crippen LogP contribution in [0.2, 0.25) is 0 Å². The minimum Gasteiger partial charge on any atom is -0.486 e. The molecule has 0 bridgehead atoms. The van der Waals surface area contributed by atoms with Crippen LogP contribution in [0.3, 0.4) is 0 Å². The minimum absolute atomic E-state index is 0.0832. The van der Waals surface area contributed by atoms with E-state index in [2.05, 4.69) is 41.5 Å². The van der Waals surface area contributed by atoms with Crippen LogP contribution >= 0.6 is 11.8 Å². The number of nitrogens with one attached hydrogen (secondary N) is 1. The van der Waals surface area contributed by atoms with Crippen molar-refractivity contribution in [1.29, 1.82) is 0 Å². The van der Waals surface area contributed by atoms with Crippen LogP contribution in [0.4, 0.5) is 0 Å². The molecule has 0 saturated heterocycles. The molecule has 1 N–H and O–H groups in total. The Morgan fingerprint density at radius 2 is 2.03 bits per heavy atom. The molecule has 0 fully saturated rings. The lowest BCUT2D eigenvalue weighted by molar-refractivity contribution is -0.118. The molecular formula is C21H26N4O3S. The number of aromatic nitrogens is 3. The van der Waals surface area contributed by atoms with Crippen LogP contribution in [0.15, 0.2) is 52.2 Å². The van der Waals surface area contributed by atoms with Gasteiger partial charge >= 0.3 is 0 Å². The van der Waals surface area contributed by atoms with Crippen molar-refractivity contribution >= 4 is 17.7 Å². The molecule has 3 aromatic rings. The summed E-state index contributed by atoms with van der Waals surface area (Å²) in [6.07, 6.45) is 1.59. The van der Waals surface area contributed by atoms with Gasteiger partial charge in [0.1, 0.15) is 18.1 Å². The second kappa shape index (κ2) is 10.2. The van der Waals surface area contributed by atoms with E-state index in [1.54, 1.807) is 12.3 Å². The number of benzene rings is 1. The summed E-state index contributed by atoms with van der Waals surface area (Å²) in [7, 11) is 0. The van der Waals surface area contributed by atoms with Gasteiger partial charge in [-0.1, -0.05) is 37.7 Å². The highest BCUT2D eigenvalue weighted by Crippen LogP contribution is 2.21. The van der Waals surface area contributed by atoms with Crippen LogP contribution < -0.4 is 10.1 Å². The number of thioether (sulfide) groups is 1. The third-order valence-corrected chi connectivity index (χ3v) is 5.36. The molecule has 0 unspecified atom stereocenters.